The van der Waals surface area contributed by atoms with Crippen LogP contribution >= 0.6 is 0 Å². The maximum absolute atomic E-state index is 3.54. The van der Waals surface area contributed by atoms with Gasteiger partial charge in [0, 0.05) is 30.2 Å². The van der Waals surface area contributed by atoms with Gasteiger partial charge in [0.05, 0.1) is 0 Å². The van der Waals surface area contributed by atoms with Gasteiger partial charge in [-0.15, -0.1) is 0 Å². The summed E-state index contributed by atoms with van der Waals surface area (Å²) in [6.07, 6.45) is 9.88. The van der Waals surface area contributed by atoms with Gasteiger partial charge in [-0.25, -0.2) is 0 Å². The molecule has 19 heavy (non-hydrogen) atoms. The molecule has 0 amide bonds. The summed E-state index contributed by atoms with van der Waals surface area (Å²) in [5.41, 5.74) is 0. The van der Waals surface area contributed by atoms with Crippen LogP contribution in [0.3, 0.4) is 0 Å². The minimum atomic E-state index is 0.765. The van der Waals surface area contributed by atoms with Crippen molar-refractivity contribution in [2.45, 2.75) is 82.1 Å². The van der Waals surface area contributed by atoms with E-state index in [-0.39, 0.29) is 0 Å². The molecule has 3 saturated heterocycles. The number of rotatable bonds is 2. The van der Waals surface area contributed by atoms with Gasteiger partial charge in [0.25, 0.3) is 0 Å². The van der Waals surface area contributed by atoms with Gasteiger partial charge in [0.1, 0.15) is 0 Å². The fraction of sp³-hybridized carbons (Fsp3) is 1.00. The Labute approximate surface area is 118 Å². The molecule has 3 fully saturated rings. The molecule has 0 aromatic carbocycles. The summed E-state index contributed by atoms with van der Waals surface area (Å²) in [4.78, 5) is 5.49. The van der Waals surface area contributed by atoms with Gasteiger partial charge in [0.15, 0.2) is 0 Å². The Balaban J connectivity index is 1.70. The van der Waals surface area contributed by atoms with E-state index in [9.17, 15) is 0 Å². The lowest BCUT2D eigenvalue weighted by atomic mass is 9.79. The SMILES string of the molecule is CNC1CC2CCCC(C1)N2C1CCN(C)C(C)C1. The van der Waals surface area contributed by atoms with Crippen LogP contribution in [0.1, 0.15) is 51.9 Å². The number of nitrogens with one attached hydrogen (secondary N) is 1. The molecule has 1 N–H and O–H groups in total. The lowest BCUT2D eigenvalue weighted by Gasteiger charge is -2.54. The van der Waals surface area contributed by atoms with Crippen LogP contribution in [0, 0.1) is 0 Å². The molecule has 110 valence electrons. The van der Waals surface area contributed by atoms with Crippen molar-refractivity contribution >= 4 is 0 Å². The molecule has 4 atom stereocenters. The topological polar surface area (TPSA) is 18.5 Å². The lowest BCUT2D eigenvalue weighted by molar-refractivity contribution is -0.0360. The Morgan fingerprint density at radius 1 is 0.947 bits per heavy atom. The Kier molecular flexibility index (Phi) is 4.16. The quantitative estimate of drug-likeness (QED) is 0.824. The second kappa shape index (κ2) is 5.71. The van der Waals surface area contributed by atoms with Crippen molar-refractivity contribution < 1.29 is 0 Å². The lowest BCUT2D eigenvalue weighted by Crippen LogP contribution is -2.61. The third-order valence-electron chi connectivity index (χ3n) is 6.04. The highest BCUT2D eigenvalue weighted by atomic mass is 15.3. The summed E-state index contributed by atoms with van der Waals surface area (Å²) in [6.45, 7) is 3.69. The van der Waals surface area contributed by atoms with Gasteiger partial charge >= 0.3 is 0 Å². The Morgan fingerprint density at radius 3 is 2.16 bits per heavy atom. The normalized spacial score (nSPS) is 45.3. The van der Waals surface area contributed by atoms with Crippen molar-refractivity contribution in [1.29, 1.82) is 0 Å². The third-order valence-corrected chi connectivity index (χ3v) is 6.04. The number of likely N-dealkylation sites (tertiary alicyclic amines) is 1. The zero-order valence-corrected chi connectivity index (χ0v) is 12.9. The van der Waals surface area contributed by atoms with Crippen LogP contribution in [0.15, 0.2) is 0 Å². The van der Waals surface area contributed by atoms with E-state index in [1.807, 2.05) is 0 Å². The number of fused-ring (bicyclic) bond motifs is 2. The Morgan fingerprint density at radius 2 is 1.58 bits per heavy atom. The number of nitrogens with zero attached hydrogens (tertiary/aromatic N) is 2. The number of hydrogen-bond acceptors (Lipinski definition) is 3. The smallest absolute Gasteiger partial charge is 0.0128 e. The number of hydrogen-bond donors (Lipinski definition) is 1. The van der Waals surface area contributed by atoms with E-state index in [1.54, 1.807) is 0 Å². The fourth-order valence-corrected chi connectivity index (χ4v) is 4.78. The van der Waals surface area contributed by atoms with Crippen LogP contribution in [0.25, 0.3) is 0 Å². The second-order valence-electron chi connectivity index (χ2n) is 7.15. The molecule has 0 aromatic heterocycles. The highest BCUT2D eigenvalue weighted by Gasteiger charge is 2.42. The molecule has 3 nitrogen and oxygen atoms in total. The molecule has 0 radical (unpaired) electrons. The van der Waals surface area contributed by atoms with Crippen LogP contribution in [-0.2, 0) is 0 Å². The average Bonchev–Trinajstić information content (AvgIpc) is 2.40. The van der Waals surface area contributed by atoms with Crippen molar-refractivity contribution in [1.82, 2.24) is 15.1 Å². The number of piperidine rings is 3. The first-order valence-electron chi connectivity index (χ1n) is 8.34. The van der Waals surface area contributed by atoms with E-state index < -0.39 is 0 Å². The van der Waals surface area contributed by atoms with Gasteiger partial charge in [-0.05, 0) is 66.1 Å². The van der Waals surface area contributed by atoms with Gasteiger partial charge < -0.3 is 10.2 Å². The van der Waals surface area contributed by atoms with E-state index in [0.29, 0.717) is 0 Å². The summed E-state index contributed by atoms with van der Waals surface area (Å²) >= 11 is 0. The molecular weight excluding hydrogens is 234 g/mol. The summed E-state index contributed by atoms with van der Waals surface area (Å²) in [5, 5.41) is 3.54. The van der Waals surface area contributed by atoms with Gasteiger partial charge in [-0.3, -0.25) is 4.90 Å². The monoisotopic (exact) mass is 265 g/mol. The largest absolute Gasteiger partial charge is 0.317 e. The van der Waals surface area contributed by atoms with E-state index in [4.69, 9.17) is 0 Å². The van der Waals surface area contributed by atoms with Crippen LogP contribution in [0.4, 0.5) is 0 Å². The predicted molar refractivity (Wildman–Crippen MR) is 80.5 cm³/mol. The molecule has 3 heteroatoms. The molecule has 0 aliphatic carbocycles. The zero-order chi connectivity index (χ0) is 13.4. The molecule has 3 aliphatic rings. The standard InChI is InChI=1S/C16H31N3/c1-12-9-16(7-8-18(12)3)19-14-5-4-6-15(19)11-13(10-14)17-2/h12-17H,4-11H2,1-3H3. The fourth-order valence-electron chi connectivity index (χ4n) is 4.78. The van der Waals surface area contributed by atoms with Gasteiger partial charge in [-0.1, -0.05) is 6.42 Å². The van der Waals surface area contributed by atoms with Crippen LogP contribution in [0.2, 0.25) is 0 Å². The highest BCUT2D eigenvalue weighted by molar-refractivity contribution is 4.99. The molecule has 3 heterocycles. The summed E-state index contributed by atoms with van der Waals surface area (Å²) in [6, 6.07) is 4.13. The van der Waals surface area contributed by atoms with Gasteiger partial charge in [0.2, 0.25) is 0 Å². The van der Waals surface area contributed by atoms with Crippen molar-refractivity contribution in [3.63, 3.8) is 0 Å². The van der Waals surface area contributed by atoms with Crippen molar-refractivity contribution in [3.05, 3.63) is 0 Å². The van der Waals surface area contributed by atoms with Crippen LogP contribution in [-0.4, -0.2) is 60.6 Å². The maximum atomic E-state index is 3.54. The van der Waals surface area contributed by atoms with Crippen molar-refractivity contribution in [3.8, 4) is 0 Å². The first-order chi connectivity index (χ1) is 9.19. The molecule has 4 unspecified atom stereocenters. The molecule has 2 bridgehead atoms. The Bertz CT molecular complexity index is 292. The first kappa shape index (κ1) is 13.8. The van der Waals surface area contributed by atoms with Gasteiger partial charge in [-0.2, -0.15) is 0 Å². The first-order valence-corrected chi connectivity index (χ1v) is 8.34. The summed E-state index contributed by atoms with van der Waals surface area (Å²) in [7, 11) is 4.43. The molecule has 0 saturated carbocycles. The summed E-state index contributed by atoms with van der Waals surface area (Å²) < 4.78 is 0. The van der Waals surface area contributed by atoms with E-state index in [2.05, 4.69) is 36.1 Å². The van der Waals surface area contributed by atoms with E-state index >= 15 is 0 Å². The highest BCUT2D eigenvalue weighted by Crippen LogP contribution is 2.38. The minimum absolute atomic E-state index is 0.765. The van der Waals surface area contributed by atoms with E-state index in [1.165, 1.54) is 51.5 Å². The molecular formula is C16H31N3. The maximum Gasteiger partial charge on any atom is 0.0128 e. The Hall–Kier alpha value is -0.120. The molecule has 3 rings (SSSR count). The predicted octanol–water partition coefficient (Wildman–Crippen LogP) is 2.07. The average molecular weight is 265 g/mol. The molecule has 0 spiro atoms. The van der Waals surface area contributed by atoms with Crippen molar-refractivity contribution in [2.75, 3.05) is 20.6 Å². The minimum Gasteiger partial charge on any atom is -0.317 e. The van der Waals surface area contributed by atoms with E-state index in [0.717, 1.165) is 30.2 Å². The van der Waals surface area contributed by atoms with Crippen LogP contribution < -0.4 is 5.32 Å². The third kappa shape index (κ3) is 2.70. The summed E-state index contributed by atoms with van der Waals surface area (Å²) in [5.74, 6) is 0. The van der Waals surface area contributed by atoms with Crippen LogP contribution in [0.5, 0.6) is 0 Å². The molecule has 0 aromatic rings. The zero-order valence-electron chi connectivity index (χ0n) is 12.9. The second-order valence-corrected chi connectivity index (χ2v) is 7.15. The molecule has 3 aliphatic heterocycles. The van der Waals surface area contributed by atoms with Crippen molar-refractivity contribution in [2.24, 2.45) is 0 Å².